The molecule has 1 atom stereocenters. The smallest absolute Gasteiger partial charge is 0.229 e. The standard InChI is InChI=1S/C14H23N5OS/c1-19(2)8-3-11-17-18-13(21-11)16-12(20)10-9-14(10)4-6-15-7-5-14/h10,15H,3-9H2,1-2H3,(H,16,18,20). The molecule has 2 heterocycles. The van der Waals surface area contributed by atoms with Gasteiger partial charge in [0.2, 0.25) is 11.0 Å². The zero-order chi connectivity index (χ0) is 14.9. The van der Waals surface area contributed by atoms with Gasteiger partial charge >= 0.3 is 0 Å². The molecule has 6 nitrogen and oxygen atoms in total. The van der Waals surface area contributed by atoms with Gasteiger partial charge in [0.1, 0.15) is 5.01 Å². The van der Waals surface area contributed by atoms with Crippen molar-refractivity contribution in [2.24, 2.45) is 11.3 Å². The van der Waals surface area contributed by atoms with Gasteiger partial charge in [-0.05, 0) is 51.9 Å². The number of carbonyl (C=O) groups excluding carboxylic acids is 1. The third-order valence-corrected chi connectivity index (χ3v) is 5.47. The second-order valence-corrected chi connectivity index (χ2v) is 7.47. The third kappa shape index (κ3) is 3.41. The first-order valence-electron chi connectivity index (χ1n) is 7.58. The van der Waals surface area contributed by atoms with Crippen LogP contribution in [0.5, 0.6) is 0 Å². The van der Waals surface area contributed by atoms with E-state index in [4.69, 9.17) is 0 Å². The fourth-order valence-corrected chi connectivity index (χ4v) is 3.84. The van der Waals surface area contributed by atoms with Gasteiger partial charge in [-0.3, -0.25) is 4.79 Å². The summed E-state index contributed by atoms with van der Waals surface area (Å²) in [4.78, 5) is 14.4. The van der Waals surface area contributed by atoms with E-state index in [0.29, 0.717) is 5.13 Å². The van der Waals surface area contributed by atoms with Crippen LogP contribution < -0.4 is 10.6 Å². The first-order valence-corrected chi connectivity index (χ1v) is 8.39. The molecule has 0 aromatic carbocycles. The molecule has 1 aromatic heterocycles. The van der Waals surface area contributed by atoms with Crippen molar-refractivity contribution in [3.05, 3.63) is 5.01 Å². The number of piperidine rings is 1. The molecule has 1 saturated heterocycles. The lowest BCUT2D eigenvalue weighted by Crippen LogP contribution is -2.31. The zero-order valence-corrected chi connectivity index (χ0v) is 13.5. The van der Waals surface area contributed by atoms with Crippen LogP contribution in [-0.2, 0) is 11.2 Å². The second kappa shape index (κ2) is 5.98. The van der Waals surface area contributed by atoms with E-state index in [1.54, 1.807) is 0 Å². The number of amides is 1. The minimum absolute atomic E-state index is 0.132. The average Bonchev–Trinajstić information content (AvgIpc) is 2.95. The van der Waals surface area contributed by atoms with Gasteiger partial charge in [0.25, 0.3) is 0 Å². The summed E-state index contributed by atoms with van der Waals surface area (Å²) in [7, 11) is 4.07. The number of anilines is 1. The Hall–Kier alpha value is -1.05. The topological polar surface area (TPSA) is 70.2 Å². The first-order chi connectivity index (χ1) is 10.1. The normalized spacial score (nSPS) is 23.5. The van der Waals surface area contributed by atoms with Gasteiger partial charge < -0.3 is 15.5 Å². The van der Waals surface area contributed by atoms with Gasteiger partial charge in [-0.25, -0.2) is 0 Å². The Kier molecular flexibility index (Phi) is 4.24. The predicted octanol–water partition coefficient (Wildman–Crippen LogP) is 0.970. The lowest BCUT2D eigenvalue weighted by Gasteiger charge is -2.22. The van der Waals surface area contributed by atoms with Crippen LogP contribution in [0, 0.1) is 11.3 Å². The Morgan fingerprint density at radius 3 is 2.90 bits per heavy atom. The van der Waals surface area contributed by atoms with E-state index in [1.165, 1.54) is 11.3 Å². The van der Waals surface area contributed by atoms with Crippen molar-refractivity contribution in [2.45, 2.75) is 25.7 Å². The van der Waals surface area contributed by atoms with E-state index in [-0.39, 0.29) is 17.2 Å². The van der Waals surface area contributed by atoms with E-state index in [0.717, 1.165) is 50.3 Å². The molecule has 116 valence electrons. The number of hydrogen-bond acceptors (Lipinski definition) is 6. The minimum atomic E-state index is 0.132. The monoisotopic (exact) mass is 309 g/mol. The number of nitrogens with one attached hydrogen (secondary N) is 2. The predicted molar refractivity (Wildman–Crippen MR) is 83.4 cm³/mol. The fourth-order valence-electron chi connectivity index (χ4n) is 3.11. The molecule has 3 rings (SSSR count). The Balaban J connectivity index is 1.51. The summed E-state index contributed by atoms with van der Waals surface area (Å²) in [5.41, 5.74) is 0.272. The molecule has 1 saturated carbocycles. The SMILES string of the molecule is CN(C)CCc1nnc(NC(=O)C2CC23CCNCC3)s1. The molecular formula is C14H23N5OS. The van der Waals surface area contributed by atoms with Crippen molar-refractivity contribution < 1.29 is 4.79 Å². The van der Waals surface area contributed by atoms with Gasteiger partial charge in [0, 0.05) is 18.9 Å². The summed E-state index contributed by atoms with van der Waals surface area (Å²) >= 11 is 1.49. The average molecular weight is 309 g/mol. The van der Waals surface area contributed by atoms with Crippen LogP contribution in [0.25, 0.3) is 0 Å². The molecule has 1 unspecified atom stereocenters. The van der Waals surface area contributed by atoms with E-state index in [9.17, 15) is 4.79 Å². The highest BCUT2D eigenvalue weighted by molar-refractivity contribution is 7.15. The molecular weight excluding hydrogens is 286 g/mol. The number of rotatable bonds is 5. The second-order valence-electron chi connectivity index (χ2n) is 6.41. The summed E-state index contributed by atoms with van der Waals surface area (Å²) in [6.07, 6.45) is 4.15. The summed E-state index contributed by atoms with van der Waals surface area (Å²) < 4.78 is 0. The van der Waals surface area contributed by atoms with Crippen molar-refractivity contribution in [2.75, 3.05) is 39.0 Å². The van der Waals surface area contributed by atoms with Gasteiger partial charge in [-0.1, -0.05) is 11.3 Å². The highest BCUT2D eigenvalue weighted by atomic mass is 32.1. The van der Waals surface area contributed by atoms with Gasteiger partial charge in [-0.15, -0.1) is 10.2 Å². The van der Waals surface area contributed by atoms with Crippen LogP contribution in [0.4, 0.5) is 5.13 Å². The Labute approximate surface area is 129 Å². The minimum Gasteiger partial charge on any atom is -0.317 e. The van der Waals surface area contributed by atoms with Gasteiger partial charge in [0.05, 0.1) is 0 Å². The van der Waals surface area contributed by atoms with Crippen LogP contribution in [0.15, 0.2) is 0 Å². The van der Waals surface area contributed by atoms with Gasteiger partial charge in [0.15, 0.2) is 0 Å². The lowest BCUT2D eigenvalue weighted by atomic mass is 9.92. The van der Waals surface area contributed by atoms with Crippen molar-refractivity contribution in [1.82, 2.24) is 20.4 Å². The number of carbonyl (C=O) groups is 1. The molecule has 1 aliphatic heterocycles. The Morgan fingerprint density at radius 2 is 2.19 bits per heavy atom. The van der Waals surface area contributed by atoms with Crippen LogP contribution in [0.1, 0.15) is 24.3 Å². The fraction of sp³-hybridized carbons (Fsp3) is 0.786. The van der Waals surface area contributed by atoms with E-state index < -0.39 is 0 Å². The van der Waals surface area contributed by atoms with Crippen molar-refractivity contribution in [3.63, 3.8) is 0 Å². The summed E-state index contributed by atoms with van der Waals surface area (Å²) in [6, 6.07) is 0. The summed E-state index contributed by atoms with van der Waals surface area (Å²) in [5.74, 6) is 0.306. The molecule has 7 heteroatoms. The molecule has 0 radical (unpaired) electrons. The van der Waals surface area contributed by atoms with Crippen molar-refractivity contribution >= 4 is 22.4 Å². The molecule has 2 N–H and O–H groups in total. The first kappa shape index (κ1) is 14.9. The number of hydrogen-bond donors (Lipinski definition) is 2. The van der Waals surface area contributed by atoms with E-state index in [2.05, 4.69) is 25.7 Å². The molecule has 0 bridgehead atoms. The van der Waals surface area contributed by atoms with E-state index in [1.807, 2.05) is 14.1 Å². The quantitative estimate of drug-likeness (QED) is 0.848. The maximum atomic E-state index is 12.3. The van der Waals surface area contributed by atoms with Crippen molar-refractivity contribution in [3.8, 4) is 0 Å². The number of likely N-dealkylation sites (N-methyl/N-ethyl adjacent to an activating group) is 1. The summed E-state index contributed by atoms with van der Waals surface area (Å²) in [5, 5.41) is 16.2. The van der Waals surface area contributed by atoms with Gasteiger partial charge in [-0.2, -0.15) is 0 Å². The molecule has 21 heavy (non-hydrogen) atoms. The summed E-state index contributed by atoms with van der Waals surface area (Å²) in [6.45, 7) is 3.02. The Bertz CT molecular complexity index is 509. The zero-order valence-electron chi connectivity index (χ0n) is 12.7. The van der Waals surface area contributed by atoms with Crippen LogP contribution in [0.2, 0.25) is 0 Å². The van der Waals surface area contributed by atoms with Crippen LogP contribution >= 0.6 is 11.3 Å². The number of nitrogens with zero attached hydrogens (tertiary/aromatic N) is 3. The highest BCUT2D eigenvalue weighted by Crippen LogP contribution is 2.58. The molecule has 1 aromatic rings. The Morgan fingerprint density at radius 1 is 1.43 bits per heavy atom. The molecule has 1 amide bonds. The molecule has 1 aliphatic carbocycles. The molecule has 1 spiro atoms. The van der Waals surface area contributed by atoms with E-state index >= 15 is 0 Å². The lowest BCUT2D eigenvalue weighted by molar-refractivity contribution is -0.118. The largest absolute Gasteiger partial charge is 0.317 e. The van der Waals surface area contributed by atoms with Crippen LogP contribution in [0.3, 0.4) is 0 Å². The molecule has 2 aliphatic rings. The maximum absolute atomic E-state index is 12.3. The maximum Gasteiger partial charge on any atom is 0.229 e. The van der Waals surface area contributed by atoms with Crippen molar-refractivity contribution in [1.29, 1.82) is 0 Å². The molecule has 2 fully saturated rings. The third-order valence-electron chi connectivity index (χ3n) is 4.58. The van der Waals surface area contributed by atoms with Crippen LogP contribution in [-0.4, -0.2) is 54.7 Å². The highest BCUT2D eigenvalue weighted by Gasteiger charge is 2.57. The number of aromatic nitrogens is 2.